The van der Waals surface area contributed by atoms with Gasteiger partial charge in [-0.05, 0) is 32.0 Å². The van der Waals surface area contributed by atoms with Crippen molar-refractivity contribution in [3.63, 3.8) is 0 Å². The number of fused-ring (bicyclic) bond motifs is 1. The van der Waals surface area contributed by atoms with Crippen LogP contribution in [-0.2, 0) is 9.59 Å². The molecule has 0 bridgehead atoms. The Kier molecular flexibility index (Phi) is 4.73. The van der Waals surface area contributed by atoms with Gasteiger partial charge in [-0.25, -0.2) is 4.79 Å². The van der Waals surface area contributed by atoms with Gasteiger partial charge in [0.1, 0.15) is 0 Å². The molecular formula is C19H25N5O3. The highest BCUT2D eigenvalue weighted by atomic mass is 16.2. The number of likely N-dealkylation sites (N-methyl/N-ethyl adjacent to an activating group) is 1. The number of aromatic nitrogens is 2. The third-order valence-corrected chi connectivity index (χ3v) is 5.77. The van der Waals surface area contributed by atoms with E-state index in [1.54, 1.807) is 0 Å². The van der Waals surface area contributed by atoms with Crippen molar-refractivity contribution in [2.45, 2.75) is 31.3 Å². The summed E-state index contributed by atoms with van der Waals surface area (Å²) in [5, 5.41) is 2.83. The molecule has 27 heavy (non-hydrogen) atoms. The zero-order valence-corrected chi connectivity index (χ0v) is 15.5. The summed E-state index contributed by atoms with van der Waals surface area (Å²) < 4.78 is 1.82. The van der Waals surface area contributed by atoms with E-state index in [2.05, 4.69) is 10.3 Å². The Morgan fingerprint density at radius 3 is 2.63 bits per heavy atom. The molecule has 4 rings (SSSR count). The smallest absolute Gasteiger partial charge is 0.326 e. The molecule has 1 atom stereocenters. The highest BCUT2D eigenvalue weighted by Gasteiger charge is 2.32. The van der Waals surface area contributed by atoms with Gasteiger partial charge in [0.2, 0.25) is 11.8 Å². The van der Waals surface area contributed by atoms with Crippen LogP contribution >= 0.6 is 0 Å². The third-order valence-electron chi connectivity index (χ3n) is 5.77. The van der Waals surface area contributed by atoms with Gasteiger partial charge >= 0.3 is 5.69 Å². The van der Waals surface area contributed by atoms with E-state index in [-0.39, 0.29) is 36.0 Å². The van der Waals surface area contributed by atoms with E-state index < -0.39 is 0 Å². The number of rotatable bonds is 3. The van der Waals surface area contributed by atoms with Gasteiger partial charge in [0.15, 0.2) is 0 Å². The third kappa shape index (κ3) is 3.37. The summed E-state index contributed by atoms with van der Waals surface area (Å²) in [6, 6.07) is 7.37. The Bertz CT molecular complexity index is 909. The lowest BCUT2D eigenvalue weighted by Gasteiger charge is -2.36. The van der Waals surface area contributed by atoms with Crippen molar-refractivity contribution in [2.75, 3.05) is 33.2 Å². The van der Waals surface area contributed by atoms with Crippen LogP contribution in [0.15, 0.2) is 29.1 Å². The number of hydrogen-bond donors (Lipinski definition) is 2. The summed E-state index contributed by atoms with van der Waals surface area (Å²) in [7, 11) is 1.88. The van der Waals surface area contributed by atoms with Crippen LogP contribution in [0.2, 0.25) is 0 Å². The number of amides is 2. The molecule has 2 N–H and O–H groups in total. The molecule has 0 saturated carbocycles. The average Bonchev–Trinajstić information content (AvgIpc) is 3.00. The van der Waals surface area contributed by atoms with Crippen LogP contribution in [0.5, 0.6) is 0 Å². The predicted octanol–water partition coefficient (Wildman–Crippen LogP) is 0.313. The fraction of sp³-hybridized carbons (Fsp3) is 0.526. The molecule has 8 nitrogen and oxygen atoms in total. The Morgan fingerprint density at radius 2 is 1.89 bits per heavy atom. The Balaban J connectivity index is 1.41. The summed E-state index contributed by atoms with van der Waals surface area (Å²) >= 11 is 0. The van der Waals surface area contributed by atoms with E-state index >= 15 is 0 Å². The molecule has 1 aromatic heterocycles. The molecule has 2 aromatic rings. The summed E-state index contributed by atoms with van der Waals surface area (Å²) in [6.07, 6.45) is 1.68. The summed E-state index contributed by atoms with van der Waals surface area (Å²) in [4.78, 5) is 43.7. The summed E-state index contributed by atoms with van der Waals surface area (Å²) in [6.45, 7) is 2.60. The SMILES string of the molecule is CN1CCNC(=O)[C@H]1CC(=O)N1CCC(n2c(=O)[nH]c3ccccc32)CC1. The van der Waals surface area contributed by atoms with Crippen molar-refractivity contribution >= 4 is 22.8 Å². The van der Waals surface area contributed by atoms with Crippen molar-refractivity contribution < 1.29 is 9.59 Å². The standard InChI is InChI=1S/C19H25N5O3/c1-22-11-8-20-18(26)16(22)12-17(25)23-9-6-13(7-10-23)24-15-5-3-2-4-14(15)21-19(24)27/h2-5,13,16H,6-12H2,1H3,(H,20,26)(H,21,27)/t16-/m1/s1. The van der Waals surface area contributed by atoms with Gasteiger partial charge in [0.25, 0.3) is 0 Å². The maximum atomic E-state index is 12.7. The first-order chi connectivity index (χ1) is 13.0. The Morgan fingerprint density at radius 1 is 1.15 bits per heavy atom. The van der Waals surface area contributed by atoms with Crippen molar-refractivity contribution in [2.24, 2.45) is 0 Å². The average molecular weight is 371 g/mol. The monoisotopic (exact) mass is 371 g/mol. The molecule has 0 unspecified atom stereocenters. The van der Waals surface area contributed by atoms with Gasteiger partial charge in [-0.15, -0.1) is 0 Å². The number of benzene rings is 1. The van der Waals surface area contributed by atoms with Crippen molar-refractivity contribution in [3.05, 3.63) is 34.7 Å². The lowest BCUT2D eigenvalue weighted by atomic mass is 10.0. The zero-order chi connectivity index (χ0) is 19.0. The maximum Gasteiger partial charge on any atom is 0.326 e. The topological polar surface area (TPSA) is 90.4 Å². The minimum Gasteiger partial charge on any atom is -0.353 e. The van der Waals surface area contributed by atoms with E-state index in [1.807, 2.05) is 45.7 Å². The molecule has 2 aliphatic heterocycles. The highest BCUT2D eigenvalue weighted by Crippen LogP contribution is 2.25. The van der Waals surface area contributed by atoms with Crippen LogP contribution in [-0.4, -0.2) is 70.4 Å². The first-order valence-corrected chi connectivity index (χ1v) is 9.49. The molecule has 2 fully saturated rings. The Labute approximate surface area is 157 Å². The first kappa shape index (κ1) is 17.8. The Hall–Kier alpha value is -2.61. The second kappa shape index (κ2) is 7.19. The lowest BCUT2D eigenvalue weighted by molar-refractivity contribution is -0.139. The number of aromatic amines is 1. The van der Waals surface area contributed by atoms with E-state index in [9.17, 15) is 14.4 Å². The number of hydrogen-bond acceptors (Lipinski definition) is 4. The molecule has 1 aromatic carbocycles. The molecule has 2 amide bonds. The number of likely N-dealkylation sites (tertiary alicyclic amines) is 1. The lowest BCUT2D eigenvalue weighted by Crippen LogP contribution is -2.55. The minimum absolute atomic E-state index is 0.00798. The molecule has 2 saturated heterocycles. The number of carbonyl (C=O) groups excluding carboxylic acids is 2. The second-order valence-corrected chi connectivity index (χ2v) is 7.42. The van der Waals surface area contributed by atoms with Crippen molar-refractivity contribution in [3.8, 4) is 0 Å². The van der Waals surface area contributed by atoms with Crippen LogP contribution in [0, 0.1) is 0 Å². The molecule has 0 aliphatic carbocycles. The number of carbonyl (C=O) groups is 2. The molecular weight excluding hydrogens is 346 g/mol. The summed E-state index contributed by atoms with van der Waals surface area (Å²) in [5.41, 5.74) is 1.65. The highest BCUT2D eigenvalue weighted by molar-refractivity contribution is 5.88. The first-order valence-electron chi connectivity index (χ1n) is 9.49. The van der Waals surface area contributed by atoms with E-state index in [1.165, 1.54) is 0 Å². The van der Waals surface area contributed by atoms with E-state index in [0.717, 1.165) is 30.4 Å². The molecule has 2 aliphatic rings. The van der Waals surface area contributed by atoms with Crippen LogP contribution in [0.1, 0.15) is 25.3 Å². The quantitative estimate of drug-likeness (QED) is 0.813. The van der Waals surface area contributed by atoms with Gasteiger partial charge in [-0.2, -0.15) is 0 Å². The maximum absolute atomic E-state index is 12.7. The zero-order valence-electron chi connectivity index (χ0n) is 15.5. The number of imidazole rings is 1. The van der Waals surface area contributed by atoms with Crippen molar-refractivity contribution in [1.29, 1.82) is 0 Å². The van der Waals surface area contributed by atoms with Gasteiger partial charge in [-0.1, -0.05) is 12.1 Å². The normalized spacial score (nSPS) is 22.2. The van der Waals surface area contributed by atoms with Crippen LogP contribution in [0.3, 0.4) is 0 Å². The van der Waals surface area contributed by atoms with Crippen LogP contribution in [0.4, 0.5) is 0 Å². The molecule has 0 spiro atoms. The molecule has 144 valence electrons. The minimum atomic E-state index is -0.389. The molecule has 8 heteroatoms. The molecule has 0 radical (unpaired) electrons. The largest absolute Gasteiger partial charge is 0.353 e. The van der Waals surface area contributed by atoms with Crippen LogP contribution in [0.25, 0.3) is 11.0 Å². The fourth-order valence-corrected chi connectivity index (χ4v) is 4.18. The van der Waals surface area contributed by atoms with Gasteiger partial charge in [-0.3, -0.25) is 19.1 Å². The van der Waals surface area contributed by atoms with Gasteiger partial charge in [0.05, 0.1) is 23.5 Å². The number of nitrogens with zero attached hydrogens (tertiary/aromatic N) is 3. The van der Waals surface area contributed by atoms with Gasteiger partial charge < -0.3 is 15.2 Å². The van der Waals surface area contributed by atoms with Gasteiger partial charge in [0, 0.05) is 32.2 Å². The fourth-order valence-electron chi connectivity index (χ4n) is 4.18. The number of nitrogens with one attached hydrogen (secondary N) is 2. The number of H-pyrrole nitrogens is 1. The van der Waals surface area contributed by atoms with E-state index in [4.69, 9.17) is 0 Å². The number of piperidine rings is 1. The van der Waals surface area contributed by atoms with E-state index in [0.29, 0.717) is 19.6 Å². The predicted molar refractivity (Wildman–Crippen MR) is 101 cm³/mol. The second-order valence-electron chi connectivity index (χ2n) is 7.42. The number of para-hydroxylation sites is 2. The number of piperazine rings is 1. The van der Waals surface area contributed by atoms with Crippen LogP contribution < -0.4 is 11.0 Å². The van der Waals surface area contributed by atoms with Crippen molar-refractivity contribution in [1.82, 2.24) is 24.7 Å². The molecule has 3 heterocycles. The summed E-state index contributed by atoms with van der Waals surface area (Å²) in [5.74, 6) is -0.0639.